The van der Waals surface area contributed by atoms with Gasteiger partial charge in [0, 0.05) is 29.7 Å². The standard InChI is InChI=1S/C15H23Br2NO2/c1-11(2)4-6-20-7-5-18-10-12-8-13(16)9-14(17)15(12)19-3/h8-9,11,18H,4-7,10H2,1-3H3. The van der Waals surface area contributed by atoms with Crippen molar-refractivity contribution in [3.05, 3.63) is 26.6 Å². The van der Waals surface area contributed by atoms with Gasteiger partial charge in [-0.3, -0.25) is 0 Å². The van der Waals surface area contributed by atoms with Gasteiger partial charge in [-0.15, -0.1) is 0 Å². The number of halogens is 2. The third kappa shape index (κ3) is 6.57. The molecule has 5 heteroatoms. The summed E-state index contributed by atoms with van der Waals surface area (Å²) in [4.78, 5) is 0. The molecule has 0 aliphatic rings. The molecule has 0 spiro atoms. The second-order valence-electron chi connectivity index (χ2n) is 5.05. The Morgan fingerprint density at radius 1 is 1.20 bits per heavy atom. The van der Waals surface area contributed by atoms with Gasteiger partial charge in [-0.05, 0) is 40.4 Å². The van der Waals surface area contributed by atoms with Gasteiger partial charge in [-0.1, -0.05) is 29.8 Å². The van der Waals surface area contributed by atoms with Crippen LogP contribution in [-0.2, 0) is 11.3 Å². The molecular formula is C15H23Br2NO2. The highest BCUT2D eigenvalue weighted by Crippen LogP contribution is 2.32. The Hall–Kier alpha value is -0.100. The van der Waals surface area contributed by atoms with Crippen LogP contribution >= 0.6 is 31.9 Å². The minimum absolute atomic E-state index is 0.700. The van der Waals surface area contributed by atoms with E-state index in [-0.39, 0.29) is 0 Å². The van der Waals surface area contributed by atoms with Gasteiger partial charge < -0.3 is 14.8 Å². The summed E-state index contributed by atoms with van der Waals surface area (Å²) in [6, 6.07) is 4.05. The molecular weight excluding hydrogens is 386 g/mol. The number of methoxy groups -OCH3 is 1. The van der Waals surface area contributed by atoms with Crippen molar-refractivity contribution in [1.82, 2.24) is 5.32 Å². The summed E-state index contributed by atoms with van der Waals surface area (Å²) in [5.41, 5.74) is 1.12. The highest BCUT2D eigenvalue weighted by atomic mass is 79.9. The summed E-state index contributed by atoms with van der Waals surface area (Å²) in [6.07, 6.45) is 1.12. The third-order valence-corrected chi connectivity index (χ3v) is 3.91. The van der Waals surface area contributed by atoms with Crippen LogP contribution in [0.4, 0.5) is 0 Å². The number of nitrogens with one attached hydrogen (secondary N) is 1. The predicted molar refractivity (Wildman–Crippen MR) is 90.4 cm³/mol. The van der Waals surface area contributed by atoms with Gasteiger partial charge in [-0.2, -0.15) is 0 Å². The molecule has 0 unspecified atom stereocenters. The number of rotatable bonds is 9. The molecule has 0 aromatic heterocycles. The van der Waals surface area contributed by atoms with E-state index in [1.807, 2.05) is 6.07 Å². The van der Waals surface area contributed by atoms with E-state index in [1.54, 1.807) is 7.11 Å². The molecule has 1 N–H and O–H groups in total. The fraction of sp³-hybridized carbons (Fsp3) is 0.600. The van der Waals surface area contributed by atoms with Gasteiger partial charge in [-0.25, -0.2) is 0 Å². The van der Waals surface area contributed by atoms with Crippen molar-refractivity contribution in [2.45, 2.75) is 26.8 Å². The maximum atomic E-state index is 5.57. The second-order valence-corrected chi connectivity index (χ2v) is 6.82. The van der Waals surface area contributed by atoms with Gasteiger partial charge in [0.1, 0.15) is 5.75 Å². The highest BCUT2D eigenvalue weighted by Gasteiger charge is 2.08. The average molecular weight is 409 g/mol. The molecule has 1 aromatic rings. The Kier molecular flexibility index (Phi) is 8.77. The zero-order valence-electron chi connectivity index (χ0n) is 12.3. The van der Waals surface area contributed by atoms with E-state index >= 15 is 0 Å². The Balaban J connectivity index is 2.31. The lowest BCUT2D eigenvalue weighted by Gasteiger charge is -2.12. The largest absolute Gasteiger partial charge is 0.495 e. The number of hydrogen-bond donors (Lipinski definition) is 1. The summed E-state index contributed by atoms with van der Waals surface area (Å²) < 4.78 is 13.0. The molecule has 0 saturated heterocycles. The molecule has 0 saturated carbocycles. The van der Waals surface area contributed by atoms with E-state index in [0.717, 1.165) is 53.0 Å². The zero-order chi connectivity index (χ0) is 15.0. The third-order valence-electron chi connectivity index (χ3n) is 2.87. The highest BCUT2D eigenvalue weighted by molar-refractivity contribution is 9.11. The molecule has 0 bridgehead atoms. The topological polar surface area (TPSA) is 30.5 Å². The monoisotopic (exact) mass is 407 g/mol. The van der Waals surface area contributed by atoms with Crippen molar-refractivity contribution in [3.63, 3.8) is 0 Å². The Morgan fingerprint density at radius 3 is 2.60 bits per heavy atom. The molecule has 3 nitrogen and oxygen atoms in total. The Bertz CT molecular complexity index is 411. The molecule has 0 amide bonds. The SMILES string of the molecule is COc1c(Br)cc(Br)cc1CNCCOCCC(C)C. The maximum absolute atomic E-state index is 5.57. The predicted octanol–water partition coefficient (Wildman–Crippen LogP) is 4.37. The van der Waals surface area contributed by atoms with E-state index in [4.69, 9.17) is 9.47 Å². The van der Waals surface area contributed by atoms with Crippen LogP contribution in [0.5, 0.6) is 5.75 Å². The smallest absolute Gasteiger partial charge is 0.137 e. The minimum atomic E-state index is 0.700. The average Bonchev–Trinajstić information content (AvgIpc) is 2.36. The molecule has 0 aliphatic heterocycles. The number of benzene rings is 1. The van der Waals surface area contributed by atoms with Crippen LogP contribution in [-0.4, -0.2) is 26.9 Å². The Morgan fingerprint density at radius 2 is 1.95 bits per heavy atom. The van der Waals surface area contributed by atoms with Gasteiger partial charge in [0.05, 0.1) is 18.2 Å². The van der Waals surface area contributed by atoms with Crippen molar-refractivity contribution in [3.8, 4) is 5.75 Å². The summed E-state index contributed by atoms with van der Waals surface area (Å²) in [6.45, 7) is 7.59. The molecule has 1 rings (SSSR count). The summed E-state index contributed by atoms with van der Waals surface area (Å²) in [7, 11) is 1.69. The molecule has 0 heterocycles. The van der Waals surface area contributed by atoms with Crippen molar-refractivity contribution in [2.75, 3.05) is 26.9 Å². The van der Waals surface area contributed by atoms with Crippen LogP contribution in [0.15, 0.2) is 21.1 Å². The maximum Gasteiger partial charge on any atom is 0.137 e. The first-order chi connectivity index (χ1) is 9.54. The summed E-state index contributed by atoms with van der Waals surface area (Å²) in [5, 5.41) is 3.37. The lowest BCUT2D eigenvalue weighted by Crippen LogP contribution is -2.20. The van der Waals surface area contributed by atoms with Crippen LogP contribution in [0, 0.1) is 5.92 Å². The van der Waals surface area contributed by atoms with Crippen LogP contribution in [0.25, 0.3) is 0 Å². The van der Waals surface area contributed by atoms with Crippen molar-refractivity contribution in [2.24, 2.45) is 5.92 Å². The number of ether oxygens (including phenoxy) is 2. The molecule has 1 aromatic carbocycles. The first kappa shape index (κ1) is 18.0. The van der Waals surface area contributed by atoms with E-state index < -0.39 is 0 Å². The lowest BCUT2D eigenvalue weighted by molar-refractivity contribution is 0.125. The minimum Gasteiger partial charge on any atom is -0.495 e. The molecule has 0 fully saturated rings. The fourth-order valence-electron chi connectivity index (χ4n) is 1.76. The molecule has 0 atom stereocenters. The molecule has 114 valence electrons. The molecule has 0 aliphatic carbocycles. The molecule has 20 heavy (non-hydrogen) atoms. The van der Waals surface area contributed by atoms with Gasteiger partial charge >= 0.3 is 0 Å². The van der Waals surface area contributed by atoms with Crippen molar-refractivity contribution >= 4 is 31.9 Å². The fourth-order valence-corrected chi connectivity index (χ4v) is 3.24. The summed E-state index contributed by atoms with van der Waals surface area (Å²) >= 11 is 7.00. The van der Waals surface area contributed by atoms with Crippen LogP contribution in [0.1, 0.15) is 25.8 Å². The summed E-state index contributed by atoms with van der Waals surface area (Å²) in [5.74, 6) is 1.58. The van der Waals surface area contributed by atoms with Crippen LogP contribution in [0.3, 0.4) is 0 Å². The van der Waals surface area contributed by atoms with Crippen molar-refractivity contribution < 1.29 is 9.47 Å². The van der Waals surface area contributed by atoms with Crippen molar-refractivity contribution in [1.29, 1.82) is 0 Å². The lowest BCUT2D eigenvalue weighted by atomic mass is 10.1. The van der Waals surface area contributed by atoms with E-state index in [9.17, 15) is 0 Å². The molecule has 0 radical (unpaired) electrons. The van der Waals surface area contributed by atoms with Gasteiger partial charge in [0.15, 0.2) is 0 Å². The van der Waals surface area contributed by atoms with Crippen LogP contribution < -0.4 is 10.1 Å². The zero-order valence-corrected chi connectivity index (χ0v) is 15.5. The normalized spacial score (nSPS) is 11.1. The van der Waals surface area contributed by atoms with Crippen LogP contribution in [0.2, 0.25) is 0 Å². The first-order valence-corrected chi connectivity index (χ1v) is 8.43. The number of hydrogen-bond acceptors (Lipinski definition) is 3. The second kappa shape index (κ2) is 9.77. The Labute approximate surface area is 138 Å². The van der Waals surface area contributed by atoms with E-state index in [2.05, 4.69) is 57.1 Å². The van der Waals surface area contributed by atoms with E-state index in [0.29, 0.717) is 5.92 Å². The van der Waals surface area contributed by atoms with Gasteiger partial charge in [0.25, 0.3) is 0 Å². The van der Waals surface area contributed by atoms with E-state index in [1.165, 1.54) is 0 Å². The quantitative estimate of drug-likeness (QED) is 0.615. The van der Waals surface area contributed by atoms with Gasteiger partial charge in [0.2, 0.25) is 0 Å². The first-order valence-electron chi connectivity index (χ1n) is 6.85.